The van der Waals surface area contributed by atoms with E-state index in [4.69, 9.17) is 4.74 Å². The van der Waals surface area contributed by atoms with Crippen molar-refractivity contribution in [3.05, 3.63) is 11.6 Å². The van der Waals surface area contributed by atoms with Crippen LogP contribution >= 0.6 is 0 Å². The Balaban J connectivity index is 1.54. The van der Waals surface area contributed by atoms with E-state index in [1.807, 2.05) is 5.57 Å². The average Bonchev–Trinajstić information content (AvgIpc) is 2.74. The number of carbonyl (C=O) groups is 1. The van der Waals surface area contributed by atoms with Crippen molar-refractivity contribution in [2.75, 3.05) is 0 Å². The second kappa shape index (κ2) is 7.61. The lowest BCUT2D eigenvalue weighted by Gasteiger charge is -2.71. The maximum Gasteiger partial charge on any atom is 0.302 e. The van der Waals surface area contributed by atoms with E-state index in [-0.39, 0.29) is 17.5 Å². The number of rotatable bonds is 1. The van der Waals surface area contributed by atoms with E-state index in [0.29, 0.717) is 27.6 Å². The summed E-state index contributed by atoms with van der Waals surface area (Å²) in [4.78, 5) is 11.9. The van der Waals surface area contributed by atoms with Gasteiger partial charge in [0.2, 0.25) is 0 Å². The highest BCUT2D eigenvalue weighted by Crippen LogP contribution is 2.75. The molecule has 0 spiro atoms. The molecule has 34 heavy (non-hydrogen) atoms. The SMILES string of the molecule is CC(=O)O[C@@H]1CC[C@@]2(C)[C@H](CC[C@]3(C)[C@H]2CC=C2[C@@H]4[C@@H](C)[C@H](C)CC[C@]4(C)CC[C@]23C)C1(C)C. The first-order chi connectivity index (χ1) is 15.7. The number of carbonyl (C=O) groups excluding carboxylic acids is 1. The summed E-state index contributed by atoms with van der Waals surface area (Å²) >= 11 is 0. The zero-order chi connectivity index (χ0) is 24.9. The van der Waals surface area contributed by atoms with Crippen LogP contribution in [0.5, 0.6) is 0 Å². The van der Waals surface area contributed by atoms with Gasteiger partial charge in [-0.25, -0.2) is 0 Å². The van der Waals surface area contributed by atoms with Gasteiger partial charge in [-0.1, -0.05) is 67.0 Å². The molecule has 0 aromatic carbocycles. The number of esters is 1. The van der Waals surface area contributed by atoms with Gasteiger partial charge in [0.15, 0.2) is 0 Å². The smallest absolute Gasteiger partial charge is 0.302 e. The molecule has 2 heteroatoms. The van der Waals surface area contributed by atoms with Crippen LogP contribution in [0.3, 0.4) is 0 Å². The molecule has 4 fully saturated rings. The molecule has 5 aliphatic carbocycles. The molecule has 0 unspecified atom stereocenters. The van der Waals surface area contributed by atoms with Crippen LogP contribution in [0.2, 0.25) is 0 Å². The minimum atomic E-state index is -0.110. The van der Waals surface area contributed by atoms with E-state index < -0.39 is 0 Å². The first kappa shape index (κ1) is 24.9. The van der Waals surface area contributed by atoms with Crippen molar-refractivity contribution in [2.24, 2.45) is 56.7 Å². The van der Waals surface area contributed by atoms with Crippen molar-refractivity contribution in [2.45, 2.75) is 126 Å². The topological polar surface area (TPSA) is 26.3 Å². The van der Waals surface area contributed by atoms with Crippen LogP contribution in [0.1, 0.15) is 120 Å². The minimum absolute atomic E-state index is 0.0450. The monoisotopic (exact) mass is 468 g/mol. The van der Waals surface area contributed by atoms with Gasteiger partial charge >= 0.3 is 5.97 Å². The maximum atomic E-state index is 11.9. The van der Waals surface area contributed by atoms with Crippen LogP contribution in [0, 0.1) is 56.7 Å². The van der Waals surface area contributed by atoms with E-state index in [1.165, 1.54) is 51.4 Å². The van der Waals surface area contributed by atoms with Crippen LogP contribution in [0.15, 0.2) is 11.6 Å². The molecule has 0 N–H and O–H groups in total. The third kappa shape index (κ3) is 3.08. The summed E-state index contributed by atoms with van der Waals surface area (Å²) in [5, 5.41) is 0. The molecule has 5 aliphatic rings. The van der Waals surface area contributed by atoms with Crippen molar-refractivity contribution in [3.63, 3.8) is 0 Å². The summed E-state index contributed by atoms with van der Waals surface area (Å²) in [7, 11) is 0. The zero-order valence-electron chi connectivity index (χ0n) is 23.7. The molecular weight excluding hydrogens is 416 g/mol. The molecule has 0 saturated heterocycles. The van der Waals surface area contributed by atoms with E-state index in [2.05, 4.69) is 61.5 Å². The Morgan fingerprint density at radius 3 is 2.26 bits per heavy atom. The largest absolute Gasteiger partial charge is 0.462 e. The Morgan fingerprint density at radius 2 is 1.59 bits per heavy atom. The Bertz CT molecular complexity index is 885. The molecule has 4 saturated carbocycles. The van der Waals surface area contributed by atoms with E-state index in [1.54, 1.807) is 6.92 Å². The fourth-order valence-electron chi connectivity index (χ4n) is 11.2. The predicted molar refractivity (Wildman–Crippen MR) is 140 cm³/mol. The Morgan fingerprint density at radius 1 is 0.882 bits per heavy atom. The Labute approximate surface area is 210 Å². The molecular formula is C32H52O2. The summed E-state index contributed by atoms with van der Waals surface area (Å²) in [6, 6.07) is 0. The second-order valence-electron chi connectivity index (χ2n) is 15.3. The van der Waals surface area contributed by atoms with Gasteiger partial charge in [0, 0.05) is 12.3 Å². The first-order valence-electron chi connectivity index (χ1n) is 14.6. The van der Waals surface area contributed by atoms with Gasteiger partial charge in [-0.05, 0) is 109 Å². The number of fused-ring (bicyclic) bond motifs is 7. The van der Waals surface area contributed by atoms with E-state index in [9.17, 15) is 4.79 Å². The highest BCUT2D eigenvalue weighted by Gasteiger charge is 2.68. The summed E-state index contributed by atoms with van der Waals surface area (Å²) in [5.41, 5.74) is 3.44. The lowest BCUT2D eigenvalue weighted by molar-refractivity contribution is -0.212. The minimum Gasteiger partial charge on any atom is -0.462 e. The number of hydrogen-bond donors (Lipinski definition) is 0. The molecule has 0 aromatic heterocycles. The van der Waals surface area contributed by atoms with Gasteiger partial charge in [0.25, 0.3) is 0 Å². The molecule has 192 valence electrons. The van der Waals surface area contributed by atoms with Gasteiger partial charge in [-0.15, -0.1) is 0 Å². The summed E-state index contributed by atoms with van der Waals surface area (Å²) in [5.74, 6) is 3.66. The van der Waals surface area contributed by atoms with E-state index >= 15 is 0 Å². The summed E-state index contributed by atoms with van der Waals surface area (Å²) in [6.07, 6.45) is 14.6. The molecule has 0 bridgehead atoms. The molecule has 0 aliphatic heterocycles. The fourth-order valence-corrected chi connectivity index (χ4v) is 11.2. The van der Waals surface area contributed by atoms with Crippen LogP contribution < -0.4 is 0 Å². The lowest BCUT2D eigenvalue weighted by Crippen LogP contribution is -2.65. The second-order valence-corrected chi connectivity index (χ2v) is 15.3. The maximum absolute atomic E-state index is 11.9. The van der Waals surface area contributed by atoms with Gasteiger partial charge in [0.1, 0.15) is 6.10 Å². The van der Waals surface area contributed by atoms with Crippen LogP contribution in [0.25, 0.3) is 0 Å². The lowest BCUT2D eigenvalue weighted by atomic mass is 9.33. The molecule has 0 heterocycles. The first-order valence-corrected chi connectivity index (χ1v) is 14.6. The summed E-state index contributed by atoms with van der Waals surface area (Å²) < 4.78 is 5.91. The fraction of sp³-hybridized carbons (Fsp3) is 0.906. The molecule has 0 amide bonds. The number of allylic oxidation sites excluding steroid dienone is 2. The van der Waals surface area contributed by atoms with Crippen molar-refractivity contribution < 1.29 is 9.53 Å². The quantitative estimate of drug-likeness (QED) is 0.284. The molecule has 0 aromatic rings. The predicted octanol–water partition coefficient (Wildman–Crippen LogP) is 8.60. The van der Waals surface area contributed by atoms with Crippen LogP contribution in [-0.2, 0) is 9.53 Å². The standard InChI is InChI=1S/C32H52O2/c1-20-12-15-29(6)18-19-31(8)23(27(29)21(20)2)10-11-25-30(7)16-14-26(34-22(3)33)28(4,5)24(30)13-17-32(25,31)9/h10,20-21,24-27H,11-19H2,1-9H3/t20-,21+,24-,25+,26-,27+,29-,30+,31-,32-/m1/s1. The Kier molecular flexibility index (Phi) is 5.57. The van der Waals surface area contributed by atoms with Crippen molar-refractivity contribution >= 4 is 5.97 Å². The van der Waals surface area contributed by atoms with Crippen molar-refractivity contribution in [1.82, 2.24) is 0 Å². The highest BCUT2D eigenvalue weighted by atomic mass is 16.5. The van der Waals surface area contributed by atoms with E-state index in [0.717, 1.165) is 30.1 Å². The summed E-state index contributed by atoms with van der Waals surface area (Å²) in [6.45, 7) is 22.1. The number of hydrogen-bond acceptors (Lipinski definition) is 2. The molecule has 5 rings (SSSR count). The average molecular weight is 469 g/mol. The third-order valence-corrected chi connectivity index (χ3v) is 13.6. The van der Waals surface area contributed by atoms with Crippen LogP contribution in [-0.4, -0.2) is 12.1 Å². The molecule has 0 radical (unpaired) electrons. The van der Waals surface area contributed by atoms with Gasteiger partial charge in [-0.2, -0.15) is 0 Å². The van der Waals surface area contributed by atoms with Gasteiger partial charge in [-0.3, -0.25) is 4.79 Å². The van der Waals surface area contributed by atoms with Crippen molar-refractivity contribution in [3.8, 4) is 0 Å². The normalized spacial score (nSPS) is 54.0. The zero-order valence-corrected chi connectivity index (χ0v) is 23.7. The number of ether oxygens (including phenoxy) is 1. The third-order valence-electron chi connectivity index (χ3n) is 13.6. The van der Waals surface area contributed by atoms with Crippen molar-refractivity contribution in [1.29, 1.82) is 0 Å². The highest BCUT2D eigenvalue weighted by molar-refractivity contribution is 5.66. The van der Waals surface area contributed by atoms with Gasteiger partial charge < -0.3 is 4.74 Å². The van der Waals surface area contributed by atoms with Gasteiger partial charge in [0.05, 0.1) is 0 Å². The molecule has 2 nitrogen and oxygen atoms in total. The molecule has 10 atom stereocenters. The van der Waals surface area contributed by atoms with Crippen LogP contribution in [0.4, 0.5) is 0 Å². The Hall–Kier alpha value is -0.790.